The molecule has 0 amide bonds. The minimum absolute atomic E-state index is 0.00431. The van der Waals surface area contributed by atoms with Crippen molar-refractivity contribution in [2.45, 2.75) is 186 Å². The Kier molecular flexibility index (Phi) is 17.6. The number of carbonyl (C=O) groups excluding carboxylic acids is 1. The van der Waals surface area contributed by atoms with Crippen molar-refractivity contribution in [1.29, 1.82) is 0 Å². The van der Waals surface area contributed by atoms with Crippen LogP contribution in [0.5, 0.6) is 0 Å². The molecule has 0 aromatic rings. The Morgan fingerprint density at radius 2 is 1.77 bits per heavy atom. The first-order valence-electron chi connectivity index (χ1n) is 21.0. The SMILES string of the molecule is CCCCC[C@@H]1OCO[C@@]2(C)/C=C(C)\C=C/C(=O)O[C@H]([C@@H](C)[C@@H](O)[C@H](C)[C@@]3(O)C[C@@H](O[C@H]4C[C@@H](O)[C@H](O)[C@@H](C)O4)[C@H](C)[C@@H](C)O3)[C@@H](OC)/C=C\C=C(\C)C[C@@H]1[C@@H]2O. The van der Waals surface area contributed by atoms with E-state index in [9.17, 15) is 30.3 Å². The van der Waals surface area contributed by atoms with Gasteiger partial charge >= 0.3 is 5.97 Å². The van der Waals surface area contributed by atoms with Gasteiger partial charge in [0.25, 0.3) is 0 Å². The van der Waals surface area contributed by atoms with E-state index in [0.717, 1.165) is 31.3 Å². The van der Waals surface area contributed by atoms with E-state index in [2.05, 4.69) is 6.92 Å². The molecule has 13 nitrogen and oxygen atoms in total. The van der Waals surface area contributed by atoms with Gasteiger partial charge in [-0.05, 0) is 53.5 Å². The highest BCUT2D eigenvalue weighted by Gasteiger charge is 2.52. The fraction of sp³-hybridized carbons (Fsp3) is 0.795. The molecule has 3 saturated heterocycles. The number of carbonyl (C=O) groups is 1. The third-order valence-corrected chi connectivity index (χ3v) is 12.8. The topological polar surface area (TPSA) is 183 Å². The Hall–Kier alpha value is -2.01. The Labute approximate surface area is 340 Å². The summed E-state index contributed by atoms with van der Waals surface area (Å²) in [5.41, 5.74) is 0.589. The van der Waals surface area contributed by atoms with E-state index in [0.29, 0.717) is 12.0 Å². The largest absolute Gasteiger partial charge is 0.456 e. The quantitative estimate of drug-likeness (QED) is 0.139. The van der Waals surface area contributed by atoms with Crippen LogP contribution in [0.2, 0.25) is 0 Å². The molecule has 17 atom stereocenters. The van der Waals surface area contributed by atoms with Crippen molar-refractivity contribution in [3.8, 4) is 0 Å². The van der Waals surface area contributed by atoms with Crippen molar-refractivity contribution in [2.24, 2.45) is 23.7 Å². The number of aliphatic hydroxyl groups is 5. The molecule has 5 N–H and O–H groups in total. The molecule has 0 saturated carbocycles. The van der Waals surface area contributed by atoms with E-state index in [1.54, 1.807) is 32.9 Å². The van der Waals surface area contributed by atoms with E-state index < -0.39 is 90.4 Å². The number of rotatable bonds is 11. The van der Waals surface area contributed by atoms with E-state index >= 15 is 0 Å². The third kappa shape index (κ3) is 12.1. The lowest BCUT2D eigenvalue weighted by molar-refractivity contribution is -0.343. The van der Waals surface area contributed by atoms with Crippen molar-refractivity contribution >= 4 is 5.97 Å². The number of methoxy groups -OCH3 is 1. The van der Waals surface area contributed by atoms with Crippen LogP contribution in [0.3, 0.4) is 0 Å². The summed E-state index contributed by atoms with van der Waals surface area (Å²) >= 11 is 0. The molecule has 0 radical (unpaired) electrons. The lowest BCUT2D eigenvalue weighted by Gasteiger charge is -2.49. The highest BCUT2D eigenvalue weighted by atomic mass is 16.7. The third-order valence-electron chi connectivity index (χ3n) is 12.8. The Bertz CT molecular complexity index is 1400. The summed E-state index contributed by atoms with van der Waals surface area (Å²) in [5, 5.41) is 56.5. The molecule has 0 aliphatic carbocycles. The fourth-order valence-electron chi connectivity index (χ4n) is 8.73. The average molecular weight is 809 g/mol. The van der Waals surface area contributed by atoms with Crippen molar-refractivity contribution in [3.05, 3.63) is 47.6 Å². The second-order valence-corrected chi connectivity index (χ2v) is 17.3. The smallest absolute Gasteiger partial charge is 0.331 e. The molecule has 0 unspecified atom stereocenters. The number of esters is 1. The van der Waals surface area contributed by atoms with Gasteiger partial charge in [0.15, 0.2) is 12.1 Å². The molecular weight excluding hydrogens is 736 g/mol. The maximum Gasteiger partial charge on any atom is 0.331 e. The maximum absolute atomic E-state index is 13.5. The zero-order chi connectivity index (χ0) is 42.2. The molecule has 4 heterocycles. The zero-order valence-corrected chi connectivity index (χ0v) is 35.8. The molecule has 4 rings (SSSR count). The van der Waals surface area contributed by atoms with Crippen LogP contribution in [0.15, 0.2) is 47.6 Å². The lowest BCUT2D eigenvalue weighted by atomic mass is 9.77. The number of aliphatic hydroxyl groups excluding tert-OH is 4. The maximum atomic E-state index is 13.5. The molecule has 2 bridgehead atoms. The Balaban J connectivity index is 1.61. The van der Waals surface area contributed by atoms with Gasteiger partial charge in [0.05, 0.1) is 42.7 Å². The number of hydrogen-bond donors (Lipinski definition) is 5. The van der Waals surface area contributed by atoms with Gasteiger partial charge in [-0.1, -0.05) is 82.4 Å². The summed E-state index contributed by atoms with van der Waals surface area (Å²) in [6.07, 6.45) is 6.16. The van der Waals surface area contributed by atoms with Crippen LogP contribution in [0.25, 0.3) is 0 Å². The monoisotopic (exact) mass is 808 g/mol. The first-order chi connectivity index (χ1) is 26.8. The number of ether oxygens (including phenoxy) is 7. The first-order valence-corrected chi connectivity index (χ1v) is 21.0. The van der Waals surface area contributed by atoms with E-state index in [1.807, 2.05) is 52.8 Å². The minimum atomic E-state index is -1.84. The fourth-order valence-corrected chi connectivity index (χ4v) is 8.73. The van der Waals surface area contributed by atoms with Gasteiger partial charge in [0.2, 0.25) is 0 Å². The molecule has 326 valence electrons. The summed E-state index contributed by atoms with van der Waals surface area (Å²) in [6.45, 7) is 16.7. The average Bonchev–Trinajstić information content (AvgIpc) is 3.26. The van der Waals surface area contributed by atoms with E-state index in [4.69, 9.17) is 33.2 Å². The summed E-state index contributed by atoms with van der Waals surface area (Å²) in [4.78, 5) is 13.5. The van der Waals surface area contributed by atoms with Crippen LogP contribution in [-0.2, 0) is 38.0 Å². The van der Waals surface area contributed by atoms with Gasteiger partial charge in [-0.15, -0.1) is 0 Å². The molecule has 3 fully saturated rings. The molecule has 0 spiro atoms. The second kappa shape index (κ2) is 21.0. The van der Waals surface area contributed by atoms with Crippen LogP contribution < -0.4 is 0 Å². The van der Waals surface area contributed by atoms with E-state index in [-0.39, 0.29) is 37.6 Å². The van der Waals surface area contributed by atoms with Crippen LogP contribution in [0.4, 0.5) is 0 Å². The Morgan fingerprint density at radius 1 is 1.05 bits per heavy atom. The van der Waals surface area contributed by atoms with Crippen LogP contribution >= 0.6 is 0 Å². The number of fused-ring (bicyclic) bond motifs is 2. The predicted molar refractivity (Wildman–Crippen MR) is 213 cm³/mol. The molecule has 0 aromatic carbocycles. The lowest BCUT2D eigenvalue weighted by Crippen LogP contribution is -2.59. The van der Waals surface area contributed by atoms with Crippen LogP contribution in [-0.4, -0.2) is 124 Å². The molecule has 4 aliphatic rings. The summed E-state index contributed by atoms with van der Waals surface area (Å²) in [7, 11) is 1.50. The highest BCUT2D eigenvalue weighted by Crippen LogP contribution is 2.42. The zero-order valence-electron chi connectivity index (χ0n) is 35.8. The molecular formula is C44H72O13. The highest BCUT2D eigenvalue weighted by molar-refractivity contribution is 5.82. The number of cyclic esters (lactones) is 1. The minimum Gasteiger partial charge on any atom is -0.456 e. The van der Waals surface area contributed by atoms with Gasteiger partial charge in [-0.2, -0.15) is 0 Å². The number of allylic oxidation sites excluding steroid dienone is 5. The predicted octanol–water partition coefficient (Wildman–Crippen LogP) is 5.02. The Morgan fingerprint density at radius 3 is 2.44 bits per heavy atom. The standard InChI is InChI=1S/C44H72O13/c1-11-12-13-16-34-32-20-25(2)15-14-17-35(51-10)41(56-37(46)19-18-26(3)22-43(9,42(32)49)53-24-52-34)28(5)39(47)29(6)44(50)23-36(27(4)30(7)57-44)55-38-21-33(45)40(48)31(8)54-38/h14-15,17-19,22,27-36,38-42,45,47-50H,11-13,16,20-21,23-24H2,1-10H3/b17-14-,19-18-,25-15-,26-22-/t27-,28+,29+,30-,31-,32+,33-,34+,35+,36-,38+,39-,40-,41-,42+,43+,44-/m1/s1. The summed E-state index contributed by atoms with van der Waals surface area (Å²) in [5.74, 6) is -4.60. The van der Waals surface area contributed by atoms with Crippen molar-refractivity contribution in [2.75, 3.05) is 13.9 Å². The van der Waals surface area contributed by atoms with Crippen molar-refractivity contribution < 1.29 is 63.5 Å². The van der Waals surface area contributed by atoms with Crippen molar-refractivity contribution in [1.82, 2.24) is 0 Å². The van der Waals surface area contributed by atoms with Gasteiger partial charge in [-0.25, -0.2) is 4.79 Å². The normalized spacial score (nSPS) is 44.6. The van der Waals surface area contributed by atoms with Gasteiger partial charge in [-0.3, -0.25) is 0 Å². The number of unbranched alkanes of at least 4 members (excludes halogenated alkanes) is 2. The molecule has 0 aromatic heterocycles. The van der Waals surface area contributed by atoms with Gasteiger partial charge < -0.3 is 58.7 Å². The first kappa shape index (κ1) is 47.7. The number of hydrogen-bond acceptors (Lipinski definition) is 13. The molecule has 13 heteroatoms. The second-order valence-electron chi connectivity index (χ2n) is 17.3. The van der Waals surface area contributed by atoms with Crippen LogP contribution in [0, 0.1) is 23.7 Å². The summed E-state index contributed by atoms with van der Waals surface area (Å²) < 4.78 is 42.7. The van der Waals surface area contributed by atoms with Crippen LogP contribution in [0.1, 0.15) is 107 Å². The van der Waals surface area contributed by atoms with Gasteiger partial charge in [0, 0.05) is 49.7 Å². The molecule has 4 aliphatic heterocycles. The summed E-state index contributed by atoms with van der Waals surface area (Å²) in [6, 6.07) is 0. The molecule has 57 heavy (non-hydrogen) atoms. The van der Waals surface area contributed by atoms with Gasteiger partial charge in [0.1, 0.15) is 30.7 Å². The van der Waals surface area contributed by atoms with Crippen molar-refractivity contribution in [3.63, 3.8) is 0 Å². The van der Waals surface area contributed by atoms with E-state index in [1.165, 1.54) is 13.2 Å².